The van der Waals surface area contributed by atoms with Gasteiger partial charge in [0.1, 0.15) is 0 Å². The van der Waals surface area contributed by atoms with Crippen LogP contribution in [-0.2, 0) is 9.59 Å². The lowest BCUT2D eigenvalue weighted by atomic mass is 9.96. The van der Waals surface area contributed by atoms with E-state index in [1.54, 1.807) is 0 Å². The number of hydrogen-bond acceptors (Lipinski definition) is 3. The molecule has 24 heavy (non-hydrogen) atoms. The molecule has 1 aliphatic heterocycles. The van der Waals surface area contributed by atoms with Crippen LogP contribution in [0.5, 0.6) is 0 Å². The summed E-state index contributed by atoms with van der Waals surface area (Å²) in [5, 5.41) is 6.10. The third-order valence-electron chi connectivity index (χ3n) is 4.32. The second-order valence-electron chi connectivity index (χ2n) is 6.27. The third kappa shape index (κ3) is 6.13. The van der Waals surface area contributed by atoms with E-state index >= 15 is 0 Å². The topological polar surface area (TPSA) is 61.4 Å². The molecule has 1 aromatic rings. The number of nitrogens with zero attached hydrogens (tertiary/aromatic N) is 1. The first-order valence-electron chi connectivity index (χ1n) is 8.34. The van der Waals surface area contributed by atoms with Crippen molar-refractivity contribution < 1.29 is 9.59 Å². The number of carbonyl (C=O) groups is 2. The Balaban J connectivity index is 0.00000288. The molecule has 2 atom stereocenters. The number of nitrogens with one attached hydrogen (secondary N) is 2. The van der Waals surface area contributed by atoms with Gasteiger partial charge in [0, 0.05) is 20.0 Å². The summed E-state index contributed by atoms with van der Waals surface area (Å²) in [6, 6.07) is 9.44. The molecule has 134 valence electrons. The fourth-order valence-corrected chi connectivity index (χ4v) is 3.23. The molecule has 0 bridgehead atoms. The molecule has 0 spiro atoms. The van der Waals surface area contributed by atoms with Crippen molar-refractivity contribution in [3.8, 4) is 0 Å². The molecule has 1 aliphatic rings. The Kier molecular flexibility index (Phi) is 8.79. The van der Waals surface area contributed by atoms with Gasteiger partial charge >= 0.3 is 0 Å². The lowest BCUT2D eigenvalue weighted by molar-refractivity contribution is -0.133. The molecule has 0 aromatic heterocycles. The van der Waals surface area contributed by atoms with Crippen molar-refractivity contribution >= 4 is 24.2 Å². The second-order valence-corrected chi connectivity index (χ2v) is 6.27. The number of hydrogen-bond donors (Lipinski definition) is 2. The van der Waals surface area contributed by atoms with Crippen molar-refractivity contribution in [3.63, 3.8) is 0 Å². The van der Waals surface area contributed by atoms with Gasteiger partial charge in [-0.25, -0.2) is 0 Å². The molecule has 1 heterocycles. The smallest absolute Gasteiger partial charge is 0.224 e. The number of halogens is 1. The van der Waals surface area contributed by atoms with E-state index < -0.39 is 0 Å². The van der Waals surface area contributed by atoms with Crippen LogP contribution in [-0.4, -0.2) is 43.4 Å². The first kappa shape index (κ1) is 20.5. The van der Waals surface area contributed by atoms with E-state index in [2.05, 4.69) is 10.6 Å². The SMILES string of the molecule is CNCC1CCCN(C(=O)CC(NC(C)=O)c2ccccc2)C1.Cl. The fraction of sp³-hybridized carbons (Fsp3) is 0.556. The number of piperidine rings is 1. The predicted molar refractivity (Wildman–Crippen MR) is 98.1 cm³/mol. The van der Waals surface area contributed by atoms with E-state index in [-0.39, 0.29) is 30.3 Å². The van der Waals surface area contributed by atoms with Crippen LogP contribution in [0.25, 0.3) is 0 Å². The molecule has 2 amide bonds. The minimum absolute atomic E-state index is 0. The highest BCUT2D eigenvalue weighted by Gasteiger charge is 2.26. The summed E-state index contributed by atoms with van der Waals surface area (Å²) in [6.45, 7) is 4.06. The van der Waals surface area contributed by atoms with Crippen LogP contribution < -0.4 is 10.6 Å². The fourth-order valence-electron chi connectivity index (χ4n) is 3.23. The van der Waals surface area contributed by atoms with Gasteiger partial charge in [-0.1, -0.05) is 30.3 Å². The molecule has 0 radical (unpaired) electrons. The summed E-state index contributed by atoms with van der Waals surface area (Å²) in [5.41, 5.74) is 0.972. The largest absolute Gasteiger partial charge is 0.349 e. The molecule has 1 fully saturated rings. The summed E-state index contributed by atoms with van der Waals surface area (Å²) in [4.78, 5) is 26.1. The molecule has 0 aliphatic carbocycles. The standard InChI is InChI=1S/C18H27N3O2.ClH/c1-14(22)20-17(16-8-4-3-5-9-16)11-18(23)21-10-6-7-15(13-21)12-19-2;/h3-5,8-9,15,17,19H,6-7,10-13H2,1-2H3,(H,20,22);1H. The van der Waals surface area contributed by atoms with Crippen molar-refractivity contribution in [1.82, 2.24) is 15.5 Å². The van der Waals surface area contributed by atoms with E-state index in [1.807, 2.05) is 42.3 Å². The highest BCUT2D eigenvalue weighted by Crippen LogP contribution is 2.21. The Labute approximate surface area is 150 Å². The lowest BCUT2D eigenvalue weighted by Crippen LogP contribution is -2.43. The van der Waals surface area contributed by atoms with Crippen molar-refractivity contribution in [2.45, 2.75) is 32.2 Å². The van der Waals surface area contributed by atoms with Crippen molar-refractivity contribution in [2.24, 2.45) is 5.92 Å². The minimum Gasteiger partial charge on any atom is -0.349 e. The van der Waals surface area contributed by atoms with Crippen LogP contribution in [0.15, 0.2) is 30.3 Å². The maximum atomic E-state index is 12.7. The number of rotatable bonds is 6. The van der Waals surface area contributed by atoms with E-state index in [0.717, 1.165) is 31.6 Å². The van der Waals surface area contributed by atoms with E-state index in [0.29, 0.717) is 12.3 Å². The van der Waals surface area contributed by atoms with E-state index in [1.165, 1.54) is 13.3 Å². The zero-order valence-electron chi connectivity index (χ0n) is 14.5. The summed E-state index contributed by atoms with van der Waals surface area (Å²) < 4.78 is 0. The summed E-state index contributed by atoms with van der Waals surface area (Å²) in [5.74, 6) is 0.528. The monoisotopic (exact) mass is 353 g/mol. The first-order valence-corrected chi connectivity index (χ1v) is 8.34. The molecule has 1 saturated heterocycles. The quantitative estimate of drug-likeness (QED) is 0.823. The first-order chi connectivity index (χ1) is 11.1. The van der Waals surface area contributed by atoms with Crippen LogP contribution >= 0.6 is 12.4 Å². The average molecular weight is 354 g/mol. The molecule has 2 rings (SSSR count). The molecule has 2 unspecified atom stereocenters. The van der Waals surface area contributed by atoms with Gasteiger partial charge in [0.2, 0.25) is 11.8 Å². The van der Waals surface area contributed by atoms with Crippen LogP contribution in [0, 0.1) is 5.92 Å². The Morgan fingerprint density at radius 2 is 2.00 bits per heavy atom. The molecule has 6 heteroatoms. The summed E-state index contributed by atoms with van der Waals surface area (Å²) in [7, 11) is 1.95. The zero-order chi connectivity index (χ0) is 16.7. The molecule has 5 nitrogen and oxygen atoms in total. The molecule has 1 aromatic carbocycles. The van der Waals surface area contributed by atoms with Crippen LogP contribution in [0.1, 0.15) is 37.8 Å². The number of amides is 2. The predicted octanol–water partition coefficient (Wildman–Crippen LogP) is 2.13. The lowest BCUT2D eigenvalue weighted by Gasteiger charge is -2.33. The molecule has 0 saturated carbocycles. The maximum absolute atomic E-state index is 12.7. The Morgan fingerprint density at radius 1 is 1.29 bits per heavy atom. The Bertz CT molecular complexity index is 522. The van der Waals surface area contributed by atoms with E-state index in [9.17, 15) is 9.59 Å². The van der Waals surface area contributed by atoms with Crippen molar-refractivity contribution in [1.29, 1.82) is 0 Å². The minimum atomic E-state index is -0.258. The van der Waals surface area contributed by atoms with Gasteiger partial charge < -0.3 is 15.5 Å². The highest BCUT2D eigenvalue weighted by molar-refractivity contribution is 5.85. The van der Waals surface area contributed by atoms with Crippen molar-refractivity contribution in [2.75, 3.05) is 26.7 Å². The van der Waals surface area contributed by atoms with E-state index in [4.69, 9.17) is 0 Å². The second kappa shape index (κ2) is 10.3. The Morgan fingerprint density at radius 3 is 2.62 bits per heavy atom. The number of carbonyl (C=O) groups excluding carboxylic acids is 2. The number of benzene rings is 1. The van der Waals surface area contributed by atoms with Crippen LogP contribution in [0.2, 0.25) is 0 Å². The van der Waals surface area contributed by atoms with Crippen molar-refractivity contribution in [3.05, 3.63) is 35.9 Å². The summed E-state index contributed by atoms with van der Waals surface area (Å²) in [6.07, 6.45) is 2.53. The van der Waals surface area contributed by atoms with Gasteiger partial charge in [0.25, 0.3) is 0 Å². The number of likely N-dealkylation sites (tertiary alicyclic amines) is 1. The van der Waals surface area contributed by atoms with Gasteiger partial charge in [-0.3, -0.25) is 9.59 Å². The molecular weight excluding hydrogens is 326 g/mol. The molecular formula is C18H28ClN3O2. The van der Waals surface area contributed by atoms with Gasteiger partial charge in [-0.2, -0.15) is 0 Å². The average Bonchev–Trinajstić information content (AvgIpc) is 2.55. The Hall–Kier alpha value is -1.59. The highest BCUT2D eigenvalue weighted by atomic mass is 35.5. The zero-order valence-corrected chi connectivity index (χ0v) is 15.3. The van der Waals surface area contributed by atoms with Crippen LogP contribution in [0.3, 0.4) is 0 Å². The van der Waals surface area contributed by atoms with Gasteiger partial charge in [0.05, 0.1) is 12.5 Å². The van der Waals surface area contributed by atoms with Gasteiger partial charge in [0.15, 0.2) is 0 Å². The van der Waals surface area contributed by atoms with Gasteiger partial charge in [-0.15, -0.1) is 12.4 Å². The summed E-state index contributed by atoms with van der Waals surface area (Å²) >= 11 is 0. The maximum Gasteiger partial charge on any atom is 0.224 e. The normalized spacial score (nSPS) is 18.4. The molecule has 2 N–H and O–H groups in total. The van der Waals surface area contributed by atoms with Gasteiger partial charge in [-0.05, 0) is 37.9 Å². The van der Waals surface area contributed by atoms with Crippen LogP contribution in [0.4, 0.5) is 0 Å². The third-order valence-corrected chi connectivity index (χ3v) is 4.32.